The summed E-state index contributed by atoms with van der Waals surface area (Å²) in [5.74, 6) is 0.0595. The lowest BCUT2D eigenvalue weighted by molar-refractivity contribution is -0.134. The minimum absolute atomic E-state index is 0.178. The number of aryl methyl sites for hydroxylation is 1. The lowest BCUT2D eigenvalue weighted by Crippen LogP contribution is -2.51. The summed E-state index contributed by atoms with van der Waals surface area (Å²) < 4.78 is 27.6. The predicted molar refractivity (Wildman–Crippen MR) is 199 cm³/mol. The summed E-state index contributed by atoms with van der Waals surface area (Å²) in [7, 11) is 1.52. The highest BCUT2D eigenvalue weighted by molar-refractivity contribution is 6.62. The number of aromatic nitrogens is 2. The van der Waals surface area contributed by atoms with Crippen molar-refractivity contribution in [2.24, 2.45) is 7.05 Å². The predicted octanol–water partition coefficient (Wildman–Crippen LogP) is 4.62. The summed E-state index contributed by atoms with van der Waals surface area (Å²) in [5, 5.41) is 8.15. The molecule has 7 rings (SSSR count). The number of carbonyl (C=O) groups excluding carboxylic acids is 2. The van der Waals surface area contributed by atoms with E-state index in [9.17, 15) is 9.59 Å². The van der Waals surface area contributed by atoms with Gasteiger partial charge >= 0.3 is 7.12 Å². The fourth-order valence-corrected chi connectivity index (χ4v) is 7.96. The molecule has 1 aromatic heterocycles. The number of carbonyl (C=O) groups is 2. The average molecular weight is 700 g/mol. The van der Waals surface area contributed by atoms with E-state index in [2.05, 4.69) is 87.0 Å². The first kappa shape index (κ1) is 35.9. The summed E-state index contributed by atoms with van der Waals surface area (Å²) >= 11 is 0. The van der Waals surface area contributed by atoms with Gasteiger partial charge in [0.2, 0.25) is 11.8 Å². The quantitative estimate of drug-likeness (QED) is 0.253. The van der Waals surface area contributed by atoms with E-state index in [0.717, 1.165) is 97.5 Å². The van der Waals surface area contributed by atoms with Crippen LogP contribution in [0.5, 0.6) is 5.75 Å². The molecule has 1 N–H and O–H groups in total. The Kier molecular flexibility index (Phi) is 9.99. The van der Waals surface area contributed by atoms with Crippen molar-refractivity contribution in [1.82, 2.24) is 20.0 Å². The Hall–Kier alpha value is -3.45. The normalized spacial score (nSPS) is 26.1. The van der Waals surface area contributed by atoms with Crippen molar-refractivity contribution in [2.45, 2.75) is 115 Å². The molecule has 0 bridgehead atoms. The number of hydrogen-bond acceptors (Lipinski definition) is 9. The topological polar surface area (TPSA) is 107 Å². The molecule has 4 heterocycles. The van der Waals surface area contributed by atoms with Crippen LogP contribution in [0.4, 0.5) is 5.69 Å². The van der Waals surface area contributed by atoms with Crippen LogP contribution in [0.3, 0.4) is 0 Å². The van der Waals surface area contributed by atoms with Crippen LogP contribution in [0.1, 0.15) is 90.3 Å². The number of fused-ring (bicyclic) bond motifs is 1. The van der Waals surface area contributed by atoms with E-state index in [-0.39, 0.29) is 35.2 Å². The van der Waals surface area contributed by atoms with Crippen LogP contribution in [0, 0.1) is 6.92 Å². The maximum absolute atomic E-state index is 12.5. The molecule has 4 fully saturated rings. The number of rotatable bonds is 9. The number of ether oxygens (including phenoxy) is 2. The van der Waals surface area contributed by atoms with Gasteiger partial charge in [-0.25, -0.2) is 0 Å². The van der Waals surface area contributed by atoms with E-state index in [1.54, 1.807) is 0 Å². The van der Waals surface area contributed by atoms with Gasteiger partial charge in [0.1, 0.15) is 5.75 Å². The highest BCUT2D eigenvalue weighted by Crippen LogP contribution is 2.38. The number of piperidine rings is 1. The van der Waals surface area contributed by atoms with Crippen LogP contribution < -0.4 is 20.4 Å². The number of nitrogens with zero attached hydrogens (tertiary/aromatic N) is 4. The minimum Gasteiger partial charge on any atom is -0.490 e. The summed E-state index contributed by atoms with van der Waals surface area (Å²) in [4.78, 5) is 29.2. The fourth-order valence-electron chi connectivity index (χ4n) is 7.96. The van der Waals surface area contributed by atoms with Crippen LogP contribution >= 0.6 is 0 Å². The molecule has 51 heavy (non-hydrogen) atoms. The second kappa shape index (κ2) is 14.2. The second-order valence-corrected chi connectivity index (χ2v) is 16.0. The van der Waals surface area contributed by atoms with Crippen LogP contribution in [0.2, 0.25) is 0 Å². The van der Waals surface area contributed by atoms with Gasteiger partial charge in [0.15, 0.2) is 0 Å². The van der Waals surface area contributed by atoms with Gasteiger partial charge < -0.3 is 23.7 Å². The second-order valence-electron chi connectivity index (χ2n) is 16.0. The molecule has 2 atom stereocenters. The zero-order valence-electron chi connectivity index (χ0n) is 31.4. The van der Waals surface area contributed by atoms with E-state index in [4.69, 9.17) is 23.9 Å². The molecule has 11 nitrogen and oxygen atoms in total. The summed E-state index contributed by atoms with van der Waals surface area (Å²) in [6.45, 7) is 17.3. The largest absolute Gasteiger partial charge is 0.495 e. The average Bonchev–Trinajstić information content (AvgIpc) is 3.54. The molecule has 274 valence electrons. The number of anilines is 1. The van der Waals surface area contributed by atoms with E-state index in [0.29, 0.717) is 18.9 Å². The Labute approximate surface area is 302 Å². The van der Waals surface area contributed by atoms with Gasteiger partial charge in [-0.05, 0) is 109 Å². The Bertz CT molecular complexity index is 1740. The molecule has 2 amide bonds. The molecular weight excluding hydrogens is 645 g/mol. The molecule has 1 unspecified atom stereocenters. The Morgan fingerprint density at radius 2 is 1.65 bits per heavy atom. The number of hydrogen-bond donors (Lipinski definition) is 1. The van der Waals surface area contributed by atoms with Gasteiger partial charge in [0.25, 0.3) is 0 Å². The van der Waals surface area contributed by atoms with Crippen molar-refractivity contribution in [3.05, 3.63) is 47.7 Å². The van der Waals surface area contributed by atoms with Gasteiger partial charge in [0, 0.05) is 56.8 Å². The molecule has 1 aliphatic carbocycles. The number of piperazine rings is 1. The molecule has 3 aromatic rings. The van der Waals surface area contributed by atoms with Gasteiger partial charge in [0.05, 0.1) is 47.1 Å². The summed E-state index contributed by atoms with van der Waals surface area (Å²) in [6.07, 6.45) is 5.25. The van der Waals surface area contributed by atoms with Crippen LogP contribution in [-0.4, -0.2) is 95.9 Å². The third-order valence-electron chi connectivity index (χ3n) is 12.1. The van der Waals surface area contributed by atoms with Gasteiger partial charge in [-0.15, -0.1) is 0 Å². The number of nitrogens with one attached hydrogen (secondary N) is 1. The highest BCUT2D eigenvalue weighted by Gasteiger charge is 2.52. The Balaban J connectivity index is 0.862. The lowest BCUT2D eigenvalue weighted by atomic mass is 9.76. The first-order valence-electron chi connectivity index (χ1n) is 18.8. The fraction of sp³-hybridized carbons (Fsp3) is 0.615. The van der Waals surface area contributed by atoms with Crippen molar-refractivity contribution in [1.29, 1.82) is 0 Å². The zero-order valence-corrected chi connectivity index (χ0v) is 31.4. The maximum Gasteiger partial charge on any atom is 0.495 e. The van der Waals surface area contributed by atoms with Crippen LogP contribution in [-0.2, 0) is 30.7 Å². The van der Waals surface area contributed by atoms with Crippen LogP contribution in [0.25, 0.3) is 10.9 Å². The monoisotopic (exact) mass is 699 g/mol. The smallest absolute Gasteiger partial charge is 0.490 e. The third-order valence-corrected chi connectivity index (χ3v) is 12.1. The van der Waals surface area contributed by atoms with Crippen molar-refractivity contribution >= 4 is 41.0 Å². The molecule has 3 aliphatic heterocycles. The summed E-state index contributed by atoms with van der Waals surface area (Å²) in [6, 6.07) is 12.9. The van der Waals surface area contributed by atoms with Gasteiger partial charge in [-0.3, -0.25) is 24.5 Å². The van der Waals surface area contributed by atoms with Crippen LogP contribution in [0.15, 0.2) is 36.4 Å². The van der Waals surface area contributed by atoms with Crippen molar-refractivity contribution in [3.8, 4) is 5.75 Å². The van der Waals surface area contributed by atoms with E-state index in [1.165, 1.54) is 0 Å². The molecule has 0 radical (unpaired) electrons. The molecule has 12 heteroatoms. The van der Waals surface area contributed by atoms with Crippen molar-refractivity contribution < 1.29 is 28.4 Å². The Morgan fingerprint density at radius 1 is 0.961 bits per heavy atom. The summed E-state index contributed by atoms with van der Waals surface area (Å²) in [5.41, 5.74) is 4.28. The first-order valence-corrected chi connectivity index (χ1v) is 18.8. The van der Waals surface area contributed by atoms with Gasteiger partial charge in [-0.2, -0.15) is 5.10 Å². The molecule has 3 saturated heterocycles. The number of imide groups is 1. The van der Waals surface area contributed by atoms with Gasteiger partial charge in [-0.1, -0.05) is 12.1 Å². The number of benzene rings is 2. The Morgan fingerprint density at radius 3 is 2.33 bits per heavy atom. The van der Waals surface area contributed by atoms with E-state index >= 15 is 0 Å². The van der Waals surface area contributed by atoms with E-state index < -0.39 is 13.0 Å². The third kappa shape index (κ3) is 7.30. The number of amides is 2. The molecule has 4 aliphatic rings. The highest BCUT2D eigenvalue weighted by atomic mass is 16.7. The minimum atomic E-state index is -0.397. The van der Waals surface area contributed by atoms with Crippen molar-refractivity contribution in [2.75, 3.05) is 37.7 Å². The lowest BCUT2D eigenvalue weighted by Gasteiger charge is -2.39. The first-order chi connectivity index (χ1) is 24.3. The molecular formula is C39H54BN5O6. The molecule has 0 spiro atoms. The standard InChI is InChI=1S/C39H54BN5O6/c1-25(24-48-28-12-14-29(15-13-28)49-34-10-8-9-32(26(34)2)40-50-38(3,4)39(5,6)51-40)44-19-21-45(22-20-44)27-11-16-30-33(23-27)43(7)42-36(30)31-17-18-35(46)41-37(31)47/h8-11,16,23,25,28-29,31H,12-15,17-22,24H2,1-7H3,(H,41,46,47)/t25-,28?,29?,31?/m0/s1. The molecule has 1 saturated carbocycles. The maximum atomic E-state index is 12.5. The zero-order chi connectivity index (χ0) is 36.1. The van der Waals surface area contributed by atoms with Crippen molar-refractivity contribution in [3.63, 3.8) is 0 Å². The SMILES string of the molecule is Cc1c(OC2CCC(OC[C@H](C)N3CCN(c4ccc5c(C6CCC(=O)NC6=O)nn(C)c5c4)CC3)CC2)cccc1B1OC(C)(C)C(C)(C)O1. The molecule has 2 aromatic carbocycles. The van der Waals surface area contributed by atoms with E-state index in [1.807, 2.05) is 17.8 Å².